The number of phenolic OH excluding ortho intramolecular Hbond substituents is 2. The molecule has 1 unspecified atom stereocenters. The van der Waals surface area contributed by atoms with Gasteiger partial charge in [0.1, 0.15) is 0 Å². The summed E-state index contributed by atoms with van der Waals surface area (Å²) in [6.45, 7) is 0.430. The number of nitrogens with two attached hydrogens (primary N) is 2. The van der Waals surface area contributed by atoms with E-state index in [1.165, 1.54) is 26.4 Å². The van der Waals surface area contributed by atoms with Gasteiger partial charge in [0.2, 0.25) is 0 Å². The van der Waals surface area contributed by atoms with Gasteiger partial charge in [-0.1, -0.05) is 12.1 Å². The molecule has 2 aromatic rings. The maximum absolute atomic E-state index is 12.5. The first-order valence-electron chi connectivity index (χ1n) is 8.65. The summed E-state index contributed by atoms with van der Waals surface area (Å²) in [5, 5.41) is 25.0. The summed E-state index contributed by atoms with van der Waals surface area (Å²) >= 11 is 0. The number of nitrogens with zero attached hydrogens (tertiary/aromatic N) is 1. The number of hydrogen-bond acceptors (Lipinski definition) is 7. The second kappa shape index (κ2) is 10.0. The van der Waals surface area contributed by atoms with Gasteiger partial charge in [-0.2, -0.15) is 0 Å². The van der Waals surface area contributed by atoms with Crippen molar-refractivity contribution in [3.63, 3.8) is 0 Å². The van der Waals surface area contributed by atoms with E-state index >= 15 is 0 Å². The van der Waals surface area contributed by atoms with E-state index in [1.807, 2.05) is 0 Å². The molecule has 0 aromatic heterocycles. The van der Waals surface area contributed by atoms with Crippen LogP contribution in [0, 0.1) is 0 Å². The van der Waals surface area contributed by atoms with Crippen molar-refractivity contribution in [2.45, 2.75) is 19.3 Å². The molecular formula is C19H25N5O5. The molecule has 0 bridgehead atoms. The van der Waals surface area contributed by atoms with Gasteiger partial charge < -0.3 is 36.5 Å². The van der Waals surface area contributed by atoms with Gasteiger partial charge in [-0.15, -0.1) is 0 Å². The zero-order valence-corrected chi connectivity index (χ0v) is 16.2. The molecule has 1 atom stereocenters. The first-order chi connectivity index (χ1) is 13.8. The van der Waals surface area contributed by atoms with Crippen LogP contribution in [0.15, 0.2) is 41.4 Å². The van der Waals surface area contributed by atoms with Crippen LogP contribution in [0.4, 0.5) is 0 Å². The van der Waals surface area contributed by atoms with E-state index in [1.54, 1.807) is 24.3 Å². The van der Waals surface area contributed by atoms with Crippen molar-refractivity contribution in [3.8, 4) is 23.0 Å². The number of amides is 1. The Morgan fingerprint density at radius 1 is 1.00 bits per heavy atom. The van der Waals surface area contributed by atoms with Crippen molar-refractivity contribution in [3.05, 3.63) is 47.5 Å². The standard InChI is InChI=1S/C19H25N5O5/c1-28-15-7-11(3-5-13(15)25)9-22-17(24-19(20)21)18(27)23-10-12-4-6-14(26)16(8-12)29-2/h3-8,17,22,25-26H,9-10H2,1-2H3,(H,23,27)(H4,20,21,24). The molecule has 0 saturated carbocycles. The number of benzene rings is 2. The number of phenols is 2. The molecule has 0 aliphatic heterocycles. The highest BCUT2D eigenvalue weighted by Gasteiger charge is 2.17. The Morgan fingerprint density at radius 3 is 2.00 bits per heavy atom. The van der Waals surface area contributed by atoms with Crippen molar-refractivity contribution in [1.82, 2.24) is 10.6 Å². The van der Waals surface area contributed by atoms with Crippen molar-refractivity contribution in [2.75, 3.05) is 14.2 Å². The summed E-state index contributed by atoms with van der Waals surface area (Å²) < 4.78 is 10.1. The monoisotopic (exact) mass is 403 g/mol. The molecular weight excluding hydrogens is 378 g/mol. The van der Waals surface area contributed by atoms with Crippen LogP contribution < -0.4 is 31.6 Å². The lowest BCUT2D eigenvalue weighted by atomic mass is 10.2. The van der Waals surface area contributed by atoms with Crippen molar-refractivity contribution >= 4 is 11.9 Å². The highest BCUT2D eigenvalue weighted by molar-refractivity contribution is 5.85. The van der Waals surface area contributed by atoms with Crippen LogP contribution in [-0.4, -0.2) is 42.5 Å². The number of guanidine groups is 1. The molecule has 0 aliphatic rings. The molecule has 2 aromatic carbocycles. The van der Waals surface area contributed by atoms with E-state index in [-0.39, 0.29) is 30.5 Å². The molecule has 10 heteroatoms. The van der Waals surface area contributed by atoms with Gasteiger partial charge in [-0.25, -0.2) is 4.99 Å². The minimum absolute atomic E-state index is 0.00644. The predicted molar refractivity (Wildman–Crippen MR) is 108 cm³/mol. The number of carbonyl (C=O) groups excluding carboxylic acids is 1. The van der Waals surface area contributed by atoms with Gasteiger partial charge in [-0.3, -0.25) is 10.1 Å². The molecule has 2 rings (SSSR count). The smallest absolute Gasteiger partial charge is 0.260 e. The van der Waals surface area contributed by atoms with Crippen LogP contribution in [-0.2, 0) is 17.9 Å². The number of hydrogen-bond donors (Lipinski definition) is 6. The van der Waals surface area contributed by atoms with Gasteiger partial charge >= 0.3 is 0 Å². The van der Waals surface area contributed by atoms with Crippen LogP contribution in [0.25, 0.3) is 0 Å². The van der Waals surface area contributed by atoms with Gasteiger partial charge in [-0.05, 0) is 35.4 Å². The number of nitrogens with one attached hydrogen (secondary N) is 2. The van der Waals surface area contributed by atoms with Crippen LogP contribution in [0.5, 0.6) is 23.0 Å². The molecule has 0 fully saturated rings. The normalized spacial score (nSPS) is 11.4. The van der Waals surface area contributed by atoms with E-state index in [2.05, 4.69) is 15.6 Å². The molecule has 29 heavy (non-hydrogen) atoms. The lowest BCUT2D eigenvalue weighted by Gasteiger charge is -2.16. The summed E-state index contributed by atoms with van der Waals surface area (Å²) in [6, 6.07) is 9.55. The molecule has 0 aliphatic carbocycles. The molecule has 156 valence electrons. The summed E-state index contributed by atoms with van der Waals surface area (Å²) in [5.74, 6) is -0.0557. The summed E-state index contributed by atoms with van der Waals surface area (Å²) in [6.07, 6.45) is -1.03. The van der Waals surface area contributed by atoms with Crippen LogP contribution >= 0.6 is 0 Å². The molecule has 1 amide bonds. The predicted octanol–water partition coefficient (Wildman–Crippen LogP) is 0.121. The van der Waals surface area contributed by atoms with Crippen LogP contribution in [0.3, 0.4) is 0 Å². The summed E-state index contributed by atoms with van der Waals surface area (Å²) in [4.78, 5) is 16.5. The van der Waals surface area contributed by atoms with E-state index in [0.29, 0.717) is 11.5 Å². The minimum Gasteiger partial charge on any atom is -0.504 e. The van der Waals surface area contributed by atoms with Crippen LogP contribution in [0.2, 0.25) is 0 Å². The van der Waals surface area contributed by atoms with Gasteiger partial charge in [0.15, 0.2) is 35.1 Å². The van der Waals surface area contributed by atoms with Gasteiger partial charge in [0.25, 0.3) is 5.91 Å². The van der Waals surface area contributed by atoms with E-state index in [0.717, 1.165) is 11.1 Å². The van der Waals surface area contributed by atoms with E-state index in [4.69, 9.17) is 20.9 Å². The minimum atomic E-state index is -1.03. The number of rotatable bonds is 9. The Hall–Kier alpha value is -3.66. The highest BCUT2D eigenvalue weighted by atomic mass is 16.5. The van der Waals surface area contributed by atoms with E-state index < -0.39 is 12.1 Å². The van der Waals surface area contributed by atoms with Crippen molar-refractivity contribution in [2.24, 2.45) is 16.5 Å². The highest BCUT2D eigenvalue weighted by Crippen LogP contribution is 2.27. The molecule has 10 nitrogen and oxygen atoms in total. The Morgan fingerprint density at radius 2 is 1.52 bits per heavy atom. The van der Waals surface area contributed by atoms with E-state index in [9.17, 15) is 15.0 Å². The largest absolute Gasteiger partial charge is 0.504 e. The zero-order valence-electron chi connectivity index (χ0n) is 16.2. The number of aromatic hydroxyl groups is 2. The Bertz CT molecular complexity index is 883. The number of aliphatic imine (C=N–C) groups is 1. The fourth-order valence-electron chi connectivity index (χ4n) is 2.51. The number of methoxy groups -OCH3 is 2. The fourth-order valence-corrected chi connectivity index (χ4v) is 2.51. The average molecular weight is 403 g/mol. The maximum Gasteiger partial charge on any atom is 0.260 e. The second-order valence-electron chi connectivity index (χ2n) is 6.07. The SMILES string of the molecule is COc1cc(CNC(=O)C(N=C(N)N)NCc2ccc(O)c(OC)c2)ccc1O. The van der Waals surface area contributed by atoms with Crippen molar-refractivity contribution < 1.29 is 24.5 Å². The van der Waals surface area contributed by atoms with Gasteiger partial charge in [0.05, 0.1) is 14.2 Å². The average Bonchev–Trinajstić information content (AvgIpc) is 2.70. The first-order valence-corrected chi connectivity index (χ1v) is 8.65. The Labute approximate surface area is 168 Å². The lowest BCUT2D eigenvalue weighted by molar-refractivity contribution is -0.123. The third kappa shape index (κ3) is 6.18. The summed E-state index contributed by atoms with van der Waals surface area (Å²) in [5.41, 5.74) is 12.4. The molecule has 8 N–H and O–H groups in total. The van der Waals surface area contributed by atoms with Crippen molar-refractivity contribution in [1.29, 1.82) is 0 Å². The second-order valence-corrected chi connectivity index (χ2v) is 6.07. The summed E-state index contributed by atoms with van der Waals surface area (Å²) in [7, 11) is 2.88. The Balaban J connectivity index is 2.03. The van der Waals surface area contributed by atoms with Gasteiger partial charge in [0, 0.05) is 13.1 Å². The molecule has 0 radical (unpaired) electrons. The zero-order chi connectivity index (χ0) is 21.4. The molecule has 0 saturated heterocycles. The quantitative estimate of drug-likeness (QED) is 0.254. The number of carbonyl (C=O) groups is 1. The lowest BCUT2D eigenvalue weighted by Crippen LogP contribution is -2.44. The fraction of sp³-hybridized carbons (Fsp3) is 0.263. The Kier molecular flexibility index (Phi) is 7.49. The maximum atomic E-state index is 12.5. The first kappa shape index (κ1) is 21.6. The van der Waals surface area contributed by atoms with Crippen LogP contribution in [0.1, 0.15) is 11.1 Å². The topological polar surface area (TPSA) is 164 Å². The molecule has 0 spiro atoms. The third-order valence-corrected chi connectivity index (χ3v) is 3.98. The molecule has 0 heterocycles. The number of ether oxygens (including phenoxy) is 2. The third-order valence-electron chi connectivity index (χ3n) is 3.98.